The molecule has 0 saturated heterocycles. The number of benzene rings is 3. The molecule has 0 fully saturated rings. The van der Waals surface area contributed by atoms with Crippen LogP contribution in [-0.4, -0.2) is 24.9 Å². The molecule has 0 atom stereocenters. The van der Waals surface area contributed by atoms with Gasteiger partial charge in [0, 0.05) is 76.6 Å². The Bertz CT molecular complexity index is 2780. The maximum Gasteiger partial charge on any atom is 0.177 e. The van der Waals surface area contributed by atoms with Crippen LogP contribution in [0.15, 0.2) is 88.1 Å². The monoisotopic (exact) mass is 846 g/mol. The molecule has 0 aliphatic carbocycles. The second kappa shape index (κ2) is 13.5. The Balaban J connectivity index is 0.000000230. The number of furan rings is 2. The van der Waals surface area contributed by atoms with Gasteiger partial charge in [0.25, 0.3) is 0 Å². The molecular formula is C42H39IrN5O2-2. The van der Waals surface area contributed by atoms with E-state index in [2.05, 4.69) is 58.0 Å². The molecule has 1 radical (unpaired) electrons. The molecule has 8 heteroatoms. The quantitative estimate of drug-likeness (QED) is 0.164. The van der Waals surface area contributed by atoms with Crippen LogP contribution < -0.4 is 0 Å². The van der Waals surface area contributed by atoms with Crippen LogP contribution in [0, 0.1) is 31.4 Å². The van der Waals surface area contributed by atoms with Crippen LogP contribution >= 0.6 is 0 Å². The van der Waals surface area contributed by atoms with Crippen LogP contribution in [0.5, 0.6) is 0 Å². The van der Waals surface area contributed by atoms with Crippen molar-refractivity contribution in [1.29, 1.82) is 0 Å². The first kappa shape index (κ1) is 26.1. The second-order valence-electron chi connectivity index (χ2n) is 13.8. The Morgan fingerprint density at radius 2 is 1.56 bits per heavy atom. The number of fused-ring (bicyclic) bond motifs is 7. The summed E-state index contributed by atoms with van der Waals surface area (Å²) in [6, 6.07) is 22.1. The van der Waals surface area contributed by atoms with Crippen molar-refractivity contribution < 1.29 is 39.9 Å². The third-order valence-electron chi connectivity index (χ3n) is 7.88. The average molecular weight is 846 g/mol. The van der Waals surface area contributed by atoms with E-state index < -0.39 is 25.5 Å². The van der Waals surface area contributed by atoms with Crippen molar-refractivity contribution in [1.82, 2.24) is 24.9 Å². The molecule has 0 unspecified atom stereocenters. The largest absolute Gasteiger partial charge is 0.497 e. The zero-order valence-corrected chi connectivity index (χ0v) is 30.8. The summed E-state index contributed by atoms with van der Waals surface area (Å²) in [6.07, 6.45) is 5.01. The van der Waals surface area contributed by atoms with E-state index in [1.165, 1.54) is 18.5 Å². The first-order valence-corrected chi connectivity index (χ1v) is 15.8. The summed E-state index contributed by atoms with van der Waals surface area (Å²) in [7, 11) is 0. The van der Waals surface area contributed by atoms with Crippen LogP contribution in [-0.2, 0) is 31.9 Å². The molecule has 0 saturated carbocycles. The van der Waals surface area contributed by atoms with Gasteiger partial charge in [-0.2, -0.15) is 0 Å². The molecule has 7 nitrogen and oxygen atoms in total. The van der Waals surface area contributed by atoms with Crippen molar-refractivity contribution in [3.05, 3.63) is 114 Å². The molecule has 8 aromatic rings. The molecule has 0 aliphatic rings. The minimum Gasteiger partial charge on any atom is -0.497 e. The molecule has 0 spiro atoms. The molecular weight excluding hydrogens is 799 g/mol. The van der Waals surface area contributed by atoms with Crippen molar-refractivity contribution >= 4 is 43.9 Å². The van der Waals surface area contributed by atoms with E-state index in [0.29, 0.717) is 39.4 Å². The summed E-state index contributed by atoms with van der Waals surface area (Å²) in [5, 5.41) is 3.67. The second-order valence-corrected chi connectivity index (χ2v) is 13.8. The van der Waals surface area contributed by atoms with E-state index in [4.69, 9.17) is 19.8 Å². The van der Waals surface area contributed by atoms with Crippen LogP contribution in [0.2, 0.25) is 0 Å². The smallest absolute Gasteiger partial charge is 0.177 e. The minimum atomic E-state index is -2.51. The van der Waals surface area contributed by atoms with Gasteiger partial charge in [0.1, 0.15) is 5.58 Å². The Labute approximate surface area is 317 Å². The molecule has 8 rings (SSSR count). The van der Waals surface area contributed by atoms with E-state index >= 15 is 0 Å². The minimum absolute atomic E-state index is 0. The van der Waals surface area contributed by atoms with E-state index in [1.807, 2.05) is 48.5 Å². The topological polar surface area (TPSA) is 90.7 Å². The molecule has 0 N–H and O–H groups in total. The molecule has 5 heterocycles. The van der Waals surface area contributed by atoms with Gasteiger partial charge in [-0.05, 0) is 61.1 Å². The summed E-state index contributed by atoms with van der Waals surface area (Å²) < 4.78 is 75.9. The van der Waals surface area contributed by atoms with E-state index in [-0.39, 0.29) is 42.5 Å². The van der Waals surface area contributed by atoms with Gasteiger partial charge in [-0.3, -0.25) is 9.97 Å². The van der Waals surface area contributed by atoms with Crippen LogP contribution in [0.4, 0.5) is 0 Å². The number of hydrogen-bond acceptors (Lipinski definition) is 7. The fourth-order valence-electron chi connectivity index (χ4n) is 5.58. The molecule has 50 heavy (non-hydrogen) atoms. The number of nitrogens with zero attached hydrogens (tertiary/aromatic N) is 5. The standard InChI is InChI=1S/C29H24NO2.C13H15N4.Ir/c1-17-16-30-24(14-18(17)15-29(2,3)4)23-10-7-9-20-22-13-12-21-19-8-5-6-11-25(19)31-27(21)28(22)32-26(20)23;1-9-15-7-10(8-16-9)12-14-6-5-11(17-12)13(2,3)4;/h5-9,11-14,16H,15H2,1-4H3;5-7H,1-4H3;/q2*-1;/i1D3,15D2;1D3;. The Morgan fingerprint density at radius 3 is 2.28 bits per heavy atom. The normalized spacial score (nSPS) is 15.1. The number of rotatable bonds is 3. The first-order valence-electron chi connectivity index (χ1n) is 19.8. The van der Waals surface area contributed by atoms with Crippen molar-refractivity contribution in [3.8, 4) is 22.6 Å². The summed E-state index contributed by atoms with van der Waals surface area (Å²) in [4.78, 5) is 20.6. The van der Waals surface area contributed by atoms with Crippen LogP contribution in [0.25, 0.3) is 66.5 Å². The van der Waals surface area contributed by atoms with Gasteiger partial charge in [0.05, 0.1) is 11.4 Å². The van der Waals surface area contributed by atoms with Crippen molar-refractivity contribution in [2.45, 2.75) is 67.0 Å². The van der Waals surface area contributed by atoms with Gasteiger partial charge in [-0.25, -0.2) is 0 Å². The third kappa shape index (κ3) is 6.96. The fraction of sp³-hybridized carbons (Fsp3) is 0.262. The van der Waals surface area contributed by atoms with Crippen LogP contribution in [0.1, 0.15) is 75.2 Å². The number of aromatic nitrogens is 5. The third-order valence-corrected chi connectivity index (χ3v) is 7.88. The molecule has 0 aliphatic heterocycles. The maximum atomic E-state index is 8.84. The predicted octanol–water partition coefficient (Wildman–Crippen LogP) is 10.6. The number of aryl methyl sites for hydroxylation is 2. The van der Waals surface area contributed by atoms with Gasteiger partial charge < -0.3 is 23.8 Å². The van der Waals surface area contributed by atoms with Gasteiger partial charge in [-0.15, -0.1) is 18.2 Å². The average Bonchev–Trinajstić information content (AvgIpc) is 3.72. The predicted molar refractivity (Wildman–Crippen MR) is 196 cm³/mol. The van der Waals surface area contributed by atoms with Gasteiger partial charge in [-0.1, -0.05) is 100 Å². The molecule has 3 aromatic carbocycles. The first-order chi connectivity index (χ1) is 26.6. The Hall–Kier alpha value is -4.78. The maximum absolute atomic E-state index is 8.84. The van der Waals surface area contributed by atoms with E-state index in [1.54, 1.807) is 33.0 Å². The van der Waals surface area contributed by atoms with Gasteiger partial charge >= 0.3 is 0 Å². The molecule has 0 amide bonds. The Morgan fingerprint density at radius 1 is 0.800 bits per heavy atom. The zero-order chi connectivity index (χ0) is 41.3. The van der Waals surface area contributed by atoms with Crippen molar-refractivity contribution in [3.63, 3.8) is 0 Å². The number of hydrogen-bond donors (Lipinski definition) is 0. The fourth-order valence-corrected chi connectivity index (χ4v) is 5.58. The SMILES string of the molecule is [2H]C([2H])([2H])c1cnc(-c2[c-]ccc3c2oc2c3ccc3c4ccccc4oc32)cc1C([2H])([2H])C(C)(C)C.[2H]C([2H])([2H])c1n[c-]c(-c2nccc(C(C)(C)C)n2)cn1.[Ir]. The summed E-state index contributed by atoms with van der Waals surface area (Å²) >= 11 is 0. The van der Waals surface area contributed by atoms with Crippen LogP contribution in [0.3, 0.4) is 0 Å². The molecule has 0 bridgehead atoms. The van der Waals surface area contributed by atoms with Crippen molar-refractivity contribution in [2.24, 2.45) is 5.41 Å². The summed E-state index contributed by atoms with van der Waals surface area (Å²) in [6.45, 7) is 6.57. The zero-order valence-electron chi connectivity index (χ0n) is 36.4. The number of pyridine rings is 1. The van der Waals surface area contributed by atoms with Gasteiger partial charge in [0.2, 0.25) is 0 Å². The van der Waals surface area contributed by atoms with E-state index in [9.17, 15) is 0 Å². The van der Waals surface area contributed by atoms with Crippen molar-refractivity contribution in [2.75, 3.05) is 0 Å². The summed E-state index contributed by atoms with van der Waals surface area (Å²) in [5.41, 5.74) is 3.87. The summed E-state index contributed by atoms with van der Waals surface area (Å²) in [5.74, 6) is 0.211. The van der Waals surface area contributed by atoms with Gasteiger partial charge in [0.15, 0.2) is 11.2 Å². The Kier molecular flexibility index (Phi) is 7.04. The number of para-hydroxylation sites is 1. The molecule has 5 aromatic heterocycles. The van der Waals surface area contributed by atoms with E-state index in [0.717, 1.165) is 32.8 Å². The molecule has 255 valence electrons.